The largest absolute Gasteiger partial charge is 0.370 e. The summed E-state index contributed by atoms with van der Waals surface area (Å²) in [5.74, 6) is 1.22. The van der Waals surface area contributed by atoms with Gasteiger partial charge in [-0.2, -0.15) is 4.40 Å². The van der Waals surface area contributed by atoms with E-state index in [4.69, 9.17) is 0 Å². The molecule has 1 aliphatic heterocycles. The quantitative estimate of drug-likeness (QED) is 0.392. The fraction of sp³-hybridized carbons (Fsp3) is 0.125. The van der Waals surface area contributed by atoms with Crippen molar-refractivity contribution in [3.8, 4) is 11.3 Å². The lowest BCUT2D eigenvalue weighted by atomic mass is 10.1. The number of hydrogen-bond acceptors (Lipinski definition) is 1. The van der Waals surface area contributed by atoms with Gasteiger partial charge in [0.1, 0.15) is 22.9 Å². The fourth-order valence-electron chi connectivity index (χ4n) is 3.41. The van der Waals surface area contributed by atoms with Crippen molar-refractivity contribution in [2.75, 3.05) is 0 Å². The molecule has 0 saturated heterocycles. The molecule has 0 saturated carbocycles. The molecule has 1 aromatic carbocycles. The number of nitrogens with zero attached hydrogens (tertiary/aromatic N) is 4. The minimum absolute atomic E-state index is 0.902. The normalized spacial score (nSPS) is 13.1. The Morgan fingerprint density at radius 3 is 3.05 bits per heavy atom. The molecule has 4 heteroatoms. The van der Waals surface area contributed by atoms with Crippen LogP contribution in [0.4, 0.5) is 0 Å². The predicted octanol–water partition coefficient (Wildman–Crippen LogP) is 2.14. The number of imidazole rings is 2. The lowest BCUT2D eigenvalue weighted by Crippen LogP contribution is -2.29. The maximum absolute atomic E-state index is 4.24. The number of para-hydroxylation sites is 2. The van der Waals surface area contributed by atoms with Gasteiger partial charge >= 0.3 is 5.78 Å². The third kappa shape index (κ3) is 1.04. The van der Waals surface area contributed by atoms with Crippen molar-refractivity contribution in [3.63, 3.8) is 0 Å². The Hall–Kier alpha value is -2.62. The van der Waals surface area contributed by atoms with Crippen LogP contribution < -0.4 is 4.57 Å². The Labute approximate surface area is 115 Å². The first-order valence-electron chi connectivity index (χ1n) is 6.76. The molecule has 96 valence electrons. The third-order valence-corrected chi connectivity index (χ3v) is 4.31. The van der Waals surface area contributed by atoms with Gasteiger partial charge in [-0.1, -0.05) is 12.1 Å². The number of benzene rings is 1. The predicted molar refractivity (Wildman–Crippen MR) is 76.4 cm³/mol. The first-order chi connectivity index (χ1) is 9.84. The molecule has 4 heterocycles. The molecule has 0 amide bonds. The van der Waals surface area contributed by atoms with Crippen molar-refractivity contribution in [2.24, 2.45) is 7.05 Å². The molecule has 4 aromatic rings. The van der Waals surface area contributed by atoms with Gasteiger partial charge < -0.3 is 0 Å². The molecular weight excluding hydrogens is 248 g/mol. The topological polar surface area (TPSA) is 26.1 Å². The summed E-state index contributed by atoms with van der Waals surface area (Å²) in [5, 5.41) is 0. The van der Waals surface area contributed by atoms with E-state index in [1.54, 1.807) is 0 Å². The molecule has 0 spiro atoms. The minimum atomic E-state index is 0.902. The standard InChI is InChI=1S/C16H13N4/c1-18-13-4-2-3-5-14(13)20-10-15-12-6-7-17-8-11(12)9-19(15)16(18)20/h2-8,10H,9H2,1H3/q+1. The molecule has 0 fully saturated rings. The van der Waals surface area contributed by atoms with E-state index in [1.165, 1.54) is 33.6 Å². The Balaban J connectivity index is 1.97. The Morgan fingerprint density at radius 1 is 1.20 bits per heavy atom. The summed E-state index contributed by atoms with van der Waals surface area (Å²) in [7, 11) is 2.13. The van der Waals surface area contributed by atoms with E-state index in [9.17, 15) is 0 Å². The van der Waals surface area contributed by atoms with Crippen LogP contribution in [0.2, 0.25) is 0 Å². The second-order valence-electron chi connectivity index (χ2n) is 5.35. The van der Waals surface area contributed by atoms with E-state index in [0.29, 0.717) is 0 Å². The van der Waals surface area contributed by atoms with Gasteiger partial charge in [0.05, 0.1) is 13.6 Å². The fourth-order valence-corrected chi connectivity index (χ4v) is 3.41. The maximum Gasteiger partial charge on any atom is 0.370 e. The summed E-state index contributed by atoms with van der Waals surface area (Å²) in [5.41, 5.74) is 6.39. The van der Waals surface area contributed by atoms with E-state index in [1.807, 2.05) is 12.4 Å². The van der Waals surface area contributed by atoms with Gasteiger partial charge in [0.15, 0.2) is 0 Å². The monoisotopic (exact) mass is 261 g/mol. The Bertz CT molecular complexity index is 990. The van der Waals surface area contributed by atoms with Crippen molar-refractivity contribution >= 4 is 16.8 Å². The number of rotatable bonds is 0. The summed E-state index contributed by atoms with van der Waals surface area (Å²) < 4.78 is 6.92. The Kier molecular flexibility index (Phi) is 1.67. The van der Waals surface area contributed by atoms with Crippen LogP contribution in [0.1, 0.15) is 5.56 Å². The van der Waals surface area contributed by atoms with Crippen LogP contribution in [0.3, 0.4) is 0 Å². The minimum Gasteiger partial charge on any atom is -0.264 e. The van der Waals surface area contributed by atoms with E-state index < -0.39 is 0 Å². The van der Waals surface area contributed by atoms with E-state index in [-0.39, 0.29) is 0 Å². The summed E-state index contributed by atoms with van der Waals surface area (Å²) in [4.78, 5) is 4.24. The maximum atomic E-state index is 4.24. The smallest absolute Gasteiger partial charge is 0.264 e. The average Bonchev–Trinajstić information content (AvgIpc) is 3.09. The number of hydrogen-bond donors (Lipinski definition) is 0. The molecule has 1 aliphatic rings. The lowest BCUT2D eigenvalue weighted by molar-refractivity contribution is -0.621. The van der Waals surface area contributed by atoms with Crippen LogP contribution in [0.15, 0.2) is 48.9 Å². The van der Waals surface area contributed by atoms with Gasteiger partial charge in [-0.05, 0) is 18.2 Å². The van der Waals surface area contributed by atoms with Crippen LogP contribution in [0, 0.1) is 0 Å². The van der Waals surface area contributed by atoms with E-state index in [2.05, 4.69) is 62.1 Å². The molecule has 0 aliphatic carbocycles. The van der Waals surface area contributed by atoms with E-state index >= 15 is 0 Å². The van der Waals surface area contributed by atoms with Crippen LogP contribution in [-0.2, 0) is 13.6 Å². The highest BCUT2D eigenvalue weighted by Gasteiger charge is 2.30. The van der Waals surface area contributed by atoms with Gasteiger partial charge in [-0.15, -0.1) is 0 Å². The zero-order valence-corrected chi connectivity index (χ0v) is 11.1. The van der Waals surface area contributed by atoms with Crippen LogP contribution in [0.25, 0.3) is 28.1 Å². The Morgan fingerprint density at radius 2 is 2.10 bits per heavy atom. The van der Waals surface area contributed by atoms with E-state index in [0.717, 1.165) is 6.54 Å². The molecule has 0 unspecified atom stereocenters. The van der Waals surface area contributed by atoms with Gasteiger partial charge in [-0.25, -0.2) is 9.13 Å². The summed E-state index contributed by atoms with van der Waals surface area (Å²) in [6.07, 6.45) is 6.08. The van der Waals surface area contributed by atoms with Gasteiger partial charge in [0.2, 0.25) is 0 Å². The molecule has 5 rings (SSSR count). The second-order valence-corrected chi connectivity index (χ2v) is 5.35. The SMILES string of the molecule is C[n+]1c2ccccc2n2cc3n(c21)Cc1cnccc1-3. The third-order valence-electron chi connectivity index (χ3n) is 4.31. The first kappa shape index (κ1) is 10.2. The zero-order chi connectivity index (χ0) is 13.3. The highest BCUT2D eigenvalue weighted by atomic mass is 15.3. The van der Waals surface area contributed by atoms with Crippen LogP contribution in [-0.4, -0.2) is 14.0 Å². The highest BCUT2D eigenvalue weighted by molar-refractivity contribution is 5.78. The number of aryl methyl sites for hydroxylation is 1. The molecule has 3 aromatic heterocycles. The van der Waals surface area contributed by atoms with Crippen molar-refractivity contribution in [1.29, 1.82) is 0 Å². The lowest BCUT2D eigenvalue weighted by Gasteiger charge is -1.93. The van der Waals surface area contributed by atoms with Crippen LogP contribution in [0.5, 0.6) is 0 Å². The molecule has 0 radical (unpaired) electrons. The number of fused-ring (bicyclic) bond motifs is 7. The summed E-state index contributed by atoms with van der Waals surface area (Å²) in [6.45, 7) is 0.902. The summed E-state index contributed by atoms with van der Waals surface area (Å²) in [6, 6.07) is 10.6. The molecule has 4 nitrogen and oxygen atoms in total. The first-order valence-corrected chi connectivity index (χ1v) is 6.76. The van der Waals surface area contributed by atoms with Gasteiger partial charge in [-0.3, -0.25) is 4.98 Å². The summed E-state index contributed by atoms with van der Waals surface area (Å²) >= 11 is 0. The molecule has 0 atom stereocenters. The molecule has 20 heavy (non-hydrogen) atoms. The van der Waals surface area contributed by atoms with Gasteiger partial charge in [0, 0.05) is 23.5 Å². The molecule has 0 N–H and O–H groups in total. The second kappa shape index (κ2) is 3.28. The average molecular weight is 261 g/mol. The molecular formula is C16H13N4+. The van der Waals surface area contributed by atoms with Crippen molar-refractivity contribution in [1.82, 2.24) is 14.0 Å². The van der Waals surface area contributed by atoms with Gasteiger partial charge in [0.25, 0.3) is 0 Å². The number of aromatic nitrogens is 4. The van der Waals surface area contributed by atoms with Crippen molar-refractivity contribution in [2.45, 2.75) is 6.54 Å². The highest BCUT2D eigenvalue weighted by Crippen LogP contribution is 2.33. The number of pyridine rings is 1. The van der Waals surface area contributed by atoms with Crippen LogP contribution >= 0.6 is 0 Å². The molecule has 0 bridgehead atoms. The van der Waals surface area contributed by atoms with Crippen molar-refractivity contribution in [3.05, 3.63) is 54.5 Å². The zero-order valence-electron chi connectivity index (χ0n) is 11.1. The van der Waals surface area contributed by atoms with Crippen molar-refractivity contribution < 1.29 is 4.57 Å².